The van der Waals surface area contributed by atoms with E-state index in [0.29, 0.717) is 10.1 Å². The molecule has 0 spiro atoms. The Bertz CT molecular complexity index is 1350. The van der Waals surface area contributed by atoms with Crippen molar-refractivity contribution < 1.29 is 9.59 Å². The normalized spacial score (nSPS) is 15.8. The molecule has 2 amide bonds. The number of aromatic nitrogens is 1. The van der Waals surface area contributed by atoms with Gasteiger partial charge in [-0.1, -0.05) is 15.9 Å². The van der Waals surface area contributed by atoms with Gasteiger partial charge < -0.3 is 15.2 Å². The Hall–Kier alpha value is -3.10. The smallest absolute Gasteiger partial charge is 0.264 e. The molecule has 4 rings (SSSR count). The number of carbonyl (C=O) groups excluding carboxylic acids is 2. The molecule has 34 heavy (non-hydrogen) atoms. The fourth-order valence-corrected chi connectivity index (χ4v) is 5.02. The Morgan fingerprint density at radius 3 is 2.35 bits per heavy atom. The van der Waals surface area contributed by atoms with Gasteiger partial charge in [0, 0.05) is 34.2 Å². The van der Waals surface area contributed by atoms with Crippen molar-refractivity contribution in [3.63, 3.8) is 0 Å². The molecular formula is C26H25BrN4O2S. The van der Waals surface area contributed by atoms with Crippen LogP contribution in [-0.4, -0.2) is 21.5 Å². The summed E-state index contributed by atoms with van der Waals surface area (Å²) in [4.78, 5) is 29.1. The summed E-state index contributed by atoms with van der Waals surface area (Å²) in [5.41, 5.74) is 7.79. The molecule has 0 atom stereocenters. The Labute approximate surface area is 211 Å². The predicted octanol–water partition coefficient (Wildman–Crippen LogP) is 6.32. The highest BCUT2D eigenvalue weighted by Crippen LogP contribution is 2.32. The van der Waals surface area contributed by atoms with Crippen molar-refractivity contribution >= 4 is 62.1 Å². The molecule has 1 aliphatic rings. The average molecular weight is 537 g/mol. The Morgan fingerprint density at radius 2 is 1.74 bits per heavy atom. The number of hydrogen-bond acceptors (Lipinski definition) is 4. The molecule has 6 nitrogen and oxygen atoms in total. The zero-order chi connectivity index (χ0) is 24.6. The molecular weight excluding hydrogens is 512 g/mol. The van der Waals surface area contributed by atoms with E-state index in [1.807, 2.05) is 70.2 Å². The maximum Gasteiger partial charge on any atom is 0.264 e. The Kier molecular flexibility index (Phi) is 6.81. The molecule has 2 aromatic carbocycles. The van der Waals surface area contributed by atoms with Gasteiger partial charge in [-0.15, -0.1) is 0 Å². The number of hydrogen-bond donors (Lipinski definition) is 2. The molecule has 8 heteroatoms. The summed E-state index contributed by atoms with van der Waals surface area (Å²) >= 11 is 4.92. The molecule has 174 valence electrons. The van der Waals surface area contributed by atoms with Crippen molar-refractivity contribution in [3.05, 3.63) is 79.9 Å². The first-order valence-corrected chi connectivity index (χ1v) is 12.4. The van der Waals surface area contributed by atoms with Gasteiger partial charge in [-0.3, -0.25) is 9.59 Å². The zero-order valence-electron chi connectivity index (χ0n) is 19.6. The second-order valence-electron chi connectivity index (χ2n) is 8.27. The summed E-state index contributed by atoms with van der Waals surface area (Å²) in [5.74, 6) is -0.255. The first kappa shape index (κ1) is 24.0. The highest BCUT2D eigenvalue weighted by molar-refractivity contribution is 9.10. The lowest BCUT2D eigenvalue weighted by Crippen LogP contribution is -2.19. The maximum atomic E-state index is 12.6. The van der Waals surface area contributed by atoms with Gasteiger partial charge in [0.1, 0.15) is 0 Å². The molecule has 1 fully saturated rings. The SMILES string of the molecule is CC(=O)Nc1ccc(-n2c(C)cc(/C=C3\SC(=Nc4cc(C)c(Br)c(C)c4)NC3=O)c2C)cc1. The number of rotatable bonds is 4. The number of carbonyl (C=O) groups is 2. The fourth-order valence-electron chi connectivity index (χ4n) is 3.95. The summed E-state index contributed by atoms with van der Waals surface area (Å²) in [7, 11) is 0. The van der Waals surface area contributed by atoms with Crippen molar-refractivity contribution in [1.82, 2.24) is 9.88 Å². The number of thioether (sulfide) groups is 1. The molecule has 0 unspecified atom stereocenters. The van der Waals surface area contributed by atoms with E-state index in [2.05, 4.69) is 42.2 Å². The van der Waals surface area contributed by atoms with E-state index in [9.17, 15) is 9.59 Å². The van der Waals surface area contributed by atoms with Crippen LogP contribution in [0.3, 0.4) is 0 Å². The minimum atomic E-state index is -0.154. The van der Waals surface area contributed by atoms with Gasteiger partial charge in [0.05, 0.1) is 10.6 Å². The van der Waals surface area contributed by atoms with Gasteiger partial charge in [-0.2, -0.15) is 0 Å². The molecule has 0 aliphatic carbocycles. The average Bonchev–Trinajstić information content (AvgIpc) is 3.24. The third-order valence-electron chi connectivity index (χ3n) is 5.51. The minimum absolute atomic E-state index is 0.101. The Balaban J connectivity index is 1.60. The van der Waals surface area contributed by atoms with Gasteiger partial charge in [0.25, 0.3) is 5.91 Å². The lowest BCUT2D eigenvalue weighted by atomic mass is 10.1. The van der Waals surface area contributed by atoms with Crippen molar-refractivity contribution in [2.75, 3.05) is 5.32 Å². The summed E-state index contributed by atoms with van der Waals surface area (Å²) in [5, 5.41) is 6.23. The number of nitrogens with zero attached hydrogens (tertiary/aromatic N) is 2. The lowest BCUT2D eigenvalue weighted by molar-refractivity contribution is -0.115. The minimum Gasteiger partial charge on any atom is -0.326 e. The number of halogens is 1. The van der Waals surface area contributed by atoms with Gasteiger partial charge in [-0.25, -0.2) is 4.99 Å². The topological polar surface area (TPSA) is 75.5 Å². The maximum absolute atomic E-state index is 12.6. The van der Waals surface area contributed by atoms with E-state index < -0.39 is 0 Å². The van der Waals surface area contributed by atoms with E-state index in [4.69, 9.17) is 0 Å². The summed E-state index contributed by atoms with van der Waals surface area (Å²) in [6.45, 7) is 9.60. The monoisotopic (exact) mass is 536 g/mol. The van der Waals surface area contributed by atoms with E-state index in [-0.39, 0.29) is 11.8 Å². The Morgan fingerprint density at radius 1 is 1.09 bits per heavy atom. The van der Waals surface area contributed by atoms with E-state index in [1.165, 1.54) is 18.7 Å². The van der Waals surface area contributed by atoms with Crippen molar-refractivity contribution in [3.8, 4) is 5.69 Å². The zero-order valence-corrected chi connectivity index (χ0v) is 22.0. The van der Waals surface area contributed by atoms with Crippen LogP contribution >= 0.6 is 27.7 Å². The molecule has 1 aliphatic heterocycles. The lowest BCUT2D eigenvalue weighted by Gasteiger charge is -2.11. The highest BCUT2D eigenvalue weighted by atomic mass is 79.9. The van der Waals surface area contributed by atoms with Gasteiger partial charge >= 0.3 is 0 Å². The quantitative estimate of drug-likeness (QED) is 0.383. The van der Waals surface area contributed by atoms with Gasteiger partial charge in [0.15, 0.2) is 5.17 Å². The van der Waals surface area contributed by atoms with Crippen molar-refractivity contribution in [1.29, 1.82) is 0 Å². The third-order valence-corrected chi connectivity index (χ3v) is 7.67. The molecule has 2 heterocycles. The number of amidine groups is 1. The standard InChI is InChI=1S/C26H25BrN4O2S/c1-14-10-21(11-15(2)24(14)27)29-26-30-25(33)23(34-26)13-19-12-16(3)31(17(19)4)22-8-6-20(7-9-22)28-18(5)32/h6-13H,1-5H3,(H,28,32)(H,29,30,33)/b23-13-. The van der Waals surface area contributed by atoms with E-state index >= 15 is 0 Å². The fraction of sp³-hybridized carbons (Fsp3) is 0.192. The number of aryl methyl sites for hydroxylation is 3. The predicted molar refractivity (Wildman–Crippen MR) is 144 cm³/mol. The molecule has 0 bridgehead atoms. The first-order chi connectivity index (χ1) is 16.1. The van der Waals surface area contributed by atoms with E-state index in [0.717, 1.165) is 49.6 Å². The van der Waals surface area contributed by atoms with E-state index in [1.54, 1.807) is 0 Å². The van der Waals surface area contributed by atoms with Crippen LogP contribution in [0.2, 0.25) is 0 Å². The highest BCUT2D eigenvalue weighted by Gasteiger charge is 2.25. The van der Waals surface area contributed by atoms with Crippen LogP contribution < -0.4 is 10.6 Å². The van der Waals surface area contributed by atoms with Crippen LogP contribution in [0.4, 0.5) is 11.4 Å². The number of amides is 2. The number of benzene rings is 2. The van der Waals surface area contributed by atoms with Crippen LogP contribution in [0.5, 0.6) is 0 Å². The van der Waals surface area contributed by atoms with Crippen molar-refractivity contribution in [2.45, 2.75) is 34.6 Å². The van der Waals surface area contributed by atoms with Gasteiger partial charge in [0.2, 0.25) is 5.91 Å². The molecule has 1 saturated heterocycles. The second-order valence-corrected chi connectivity index (χ2v) is 10.1. The largest absolute Gasteiger partial charge is 0.326 e. The number of aliphatic imine (C=N–C) groups is 1. The summed E-state index contributed by atoms with van der Waals surface area (Å²) in [6, 6.07) is 13.7. The number of anilines is 1. The van der Waals surface area contributed by atoms with Gasteiger partial charge in [-0.05, 0) is 105 Å². The third kappa shape index (κ3) is 5.03. The first-order valence-electron chi connectivity index (χ1n) is 10.8. The molecule has 3 aromatic rings. The van der Waals surface area contributed by atoms with Crippen molar-refractivity contribution in [2.24, 2.45) is 4.99 Å². The number of nitrogens with one attached hydrogen (secondary N) is 2. The molecule has 0 saturated carbocycles. The second kappa shape index (κ2) is 9.64. The molecule has 1 aromatic heterocycles. The summed E-state index contributed by atoms with van der Waals surface area (Å²) in [6.07, 6.45) is 1.91. The van der Waals surface area contributed by atoms with Crippen LogP contribution in [0.1, 0.15) is 35.0 Å². The van der Waals surface area contributed by atoms with Crippen LogP contribution in [0.25, 0.3) is 11.8 Å². The van der Waals surface area contributed by atoms with Crippen LogP contribution in [-0.2, 0) is 9.59 Å². The molecule has 0 radical (unpaired) electrons. The van der Waals surface area contributed by atoms with Crippen LogP contribution in [0, 0.1) is 27.7 Å². The summed E-state index contributed by atoms with van der Waals surface area (Å²) < 4.78 is 3.20. The molecule has 2 N–H and O–H groups in total. The van der Waals surface area contributed by atoms with Crippen LogP contribution in [0.15, 0.2) is 56.8 Å².